The van der Waals surface area contributed by atoms with Crippen LogP contribution in [0.5, 0.6) is 0 Å². The van der Waals surface area contributed by atoms with Crippen LogP contribution < -0.4 is 9.62 Å². The lowest BCUT2D eigenvalue weighted by Crippen LogP contribution is -2.51. The number of carbonyl (C=O) groups excluding carboxylic acids is 2. The Bertz CT molecular complexity index is 1090. The normalized spacial score (nSPS) is 12.3. The zero-order valence-corrected chi connectivity index (χ0v) is 22.1. The number of aryl methyl sites for hydroxylation is 1. The van der Waals surface area contributed by atoms with E-state index in [1.165, 1.54) is 4.90 Å². The molecule has 2 amide bonds. The van der Waals surface area contributed by atoms with Gasteiger partial charge in [0.2, 0.25) is 21.8 Å². The Kier molecular flexibility index (Phi) is 9.48. The summed E-state index contributed by atoms with van der Waals surface area (Å²) in [4.78, 5) is 27.7. The molecule has 0 unspecified atom stereocenters. The molecule has 0 saturated carbocycles. The van der Waals surface area contributed by atoms with Crippen LogP contribution in [0.25, 0.3) is 0 Å². The Balaban J connectivity index is 2.38. The third-order valence-electron chi connectivity index (χ3n) is 5.23. The number of anilines is 1. The van der Waals surface area contributed by atoms with Crippen LogP contribution in [-0.2, 0) is 26.2 Å². The maximum atomic E-state index is 13.5. The van der Waals surface area contributed by atoms with Crippen LogP contribution in [0.3, 0.4) is 0 Å². The quantitative estimate of drug-likeness (QED) is 0.500. The molecule has 180 valence electrons. The highest BCUT2D eigenvalue weighted by atomic mass is 79.9. The van der Waals surface area contributed by atoms with E-state index in [2.05, 4.69) is 21.2 Å². The number of hydrogen-bond donors (Lipinski definition) is 1. The molecule has 1 N–H and O–H groups in total. The lowest BCUT2D eigenvalue weighted by Gasteiger charge is -2.32. The third-order valence-corrected chi connectivity index (χ3v) is 6.86. The first kappa shape index (κ1) is 26.9. The summed E-state index contributed by atoms with van der Waals surface area (Å²) in [6, 6.07) is 13.6. The van der Waals surface area contributed by atoms with Gasteiger partial charge in [-0.2, -0.15) is 0 Å². The van der Waals surface area contributed by atoms with Crippen molar-refractivity contribution < 1.29 is 18.0 Å². The summed E-state index contributed by atoms with van der Waals surface area (Å²) in [5.74, 6) is -0.478. The van der Waals surface area contributed by atoms with Gasteiger partial charge in [0.15, 0.2) is 0 Å². The largest absolute Gasteiger partial charge is 0.354 e. The maximum Gasteiger partial charge on any atom is 0.244 e. The molecule has 7 nitrogen and oxygen atoms in total. The van der Waals surface area contributed by atoms with E-state index >= 15 is 0 Å². The van der Waals surface area contributed by atoms with Gasteiger partial charge in [0.05, 0.1) is 11.9 Å². The summed E-state index contributed by atoms with van der Waals surface area (Å²) < 4.78 is 26.9. The number of rotatable bonds is 10. The Labute approximate surface area is 205 Å². The number of sulfonamides is 1. The minimum atomic E-state index is -3.75. The predicted molar refractivity (Wildman–Crippen MR) is 135 cm³/mol. The van der Waals surface area contributed by atoms with E-state index in [4.69, 9.17) is 0 Å². The van der Waals surface area contributed by atoms with Gasteiger partial charge < -0.3 is 10.2 Å². The zero-order chi connectivity index (χ0) is 24.8. The molecular weight excluding hydrogens is 506 g/mol. The van der Waals surface area contributed by atoms with Crippen LogP contribution >= 0.6 is 15.9 Å². The fourth-order valence-corrected chi connectivity index (χ4v) is 4.48. The van der Waals surface area contributed by atoms with Gasteiger partial charge in [-0.05, 0) is 49.1 Å². The van der Waals surface area contributed by atoms with Crippen molar-refractivity contribution >= 4 is 43.5 Å². The number of nitrogens with zero attached hydrogens (tertiary/aromatic N) is 2. The average Bonchev–Trinajstić information content (AvgIpc) is 2.73. The highest BCUT2D eigenvalue weighted by molar-refractivity contribution is 9.10. The van der Waals surface area contributed by atoms with Gasteiger partial charge in [-0.3, -0.25) is 13.9 Å². The van der Waals surface area contributed by atoms with Crippen molar-refractivity contribution in [3.8, 4) is 0 Å². The first-order valence-electron chi connectivity index (χ1n) is 10.7. The van der Waals surface area contributed by atoms with Crippen LogP contribution in [-0.4, -0.2) is 50.5 Å². The van der Waals surface area contributed by atoms with Crippen molar-refractivity contribution in [3.05, 3.63) is 64.1 Å². The number of amides is 2. The molecule has 0 fully saturated rings. The first-order valence-corrected chi connectivity index (χ1v) is 13.4. The SMILES string of the molecule is Cc1ccccc1CN(C(=O)CN(c1cccc(Br)c1)S(C)(=O)=O)[C@H](C)C(=O)NCC(C)C. The molecule has 0 aliphatic carbocycles. The Morgan fingerprint density at radius 1 is 1.06 bits per heavy atom. The molecule has 9 heteroatoms. The van der Waals surface area contributed by atoms with Gasteiger partial charge >= 0.3 is 0 Å². The number of carbonyl (C=O) groups is 2. The standard InChI is InChI=1S/C24H32BrN3O4S/c1-17(2)14-26-24(30)19(4)27(15-20-10-7-6-9-18(20)3)23(29)16-28(33(5,31)32)22-12-8-11-21(25)13-22/h6-13,17,19H,14-16H2,1-5H3,(H,26,30)/t19-/m1/s1. The van der Waals surface area contributed by atoms with Crippen LogP contribution in [0, 0.1) is 12.8 Å². The van der Waals surface area contributed by atoms with Gasteiger partial charge in [-0.15, -0.1) is 0 Å². The van der Waals surface area contributed by atoms with Crippen molar-refractivity contribution in [2.75, 3.05) is 23.7 Å². The second-order valence-electron chi connectivity index (χ2n) is 8.51. The molecule has 0 heterocycles. The summed E-state index contributed by atoms with van der Waals surface area (Å²) >= 11 is 3.35. The van der Waals surface area contributed by atoms with E-state index in [0.717, 1.165) is 21.7 Å². The summed E-state index contributed by atoms with van der Waals surface area (Å²) in [7, 11) is -3.75. The van der Waals surface area contributed by atoms with E-state index in [0.29, 0.717) is 16.7 Å². The van der Waals surface area contributed by atoms with Crippen LogP contribution in [0.2, 0.25) is 0 Å². The number of nitrogens with one attached hydrogen (secondary N) is 1. The van der Waals surface area contributed by atoms with E-state index < -0.39 is 28.5 Å². The monoisotopic (exact) mass is 537 g/mol. The number of halogens is 1. The lowest BCUT2D eigenvalue weighted by molar-refractivity contribution is -0.139. The van der Waals surface area contributed by atoms with Gasteiger partial charge in [-0.1, -0.05) is 60.1 Å². The van der Waals surface area contributed by atoms with Gasteiger partial charge in [0.25, 0.3) is 0 Å². The molecule has 1 atom stereocenters. The molecule has 2 rings (SSSR count). The van der Waals surface area contributed by atoms with Gasteiger partial charge in [0, 0.05) is 17.6 Å². The third kappa shape index (κ3) is 7.85. The summed E-state index contributed by atoms with van der Waals surface area (Å²) in [6.07, 6.45) is 1.06. The lowest BCUT2D eigenvalue weighted by atomic mass is 10.1. The van der Waals surface area contributed by atoms with E-state index in [1.807, 2.05) is 45.0 Å². The summed E-state index contributed by atoms with van der Waals surface area (Å²) in [5, 5.41) is 2.87. The molecule has 0 aromatic heterocycles. The van der Waals surface area contributed by atoms with Gasteiger partial charge in [0.1, 0.15) is 12.6 Å². The Morgan fingerprint density at radius 2 is 1.73 bits per heavy atom. The average molecular weight is 539 g/mol. The molecule has 2 aromatic carbocycles. The topological polar surface area (TPSA) is 86.8 Å². The van der Waals surface area contributed by atoms with Crippen LogP contribution in [0.15, 0.2) is 53.0 Å². The molecular formula is C24H32BrN3O4S. The number of hydrogen-bond acceptors (Lipinski definition) is 4. The minimum absolute atomic E-state index is 0.192. The fraction of sp³-hybridized carbons (Fsp3) is 0.417. The second-order valence-corrected chi connectivity index (χ2v) is 11.3. The molecule has 0 saturated heterocycles. The van der Waals surface area contributed by atoms with Gasteiger partial charge in [-0.25, -0.2) is 8.42 Å². The zero-order valence-electron chi connectivity index (χ0n) is 19.7. The Hall–Kier alpha value is -2.39. The highest BCUT2D eigenvalue weighted by Crippen LogP contribution is 2.23. The molecule has 0 spiro atoms. The molecule has 33 heavy (non-hydrogen) atoms. The second kappa shape index (κ2) is 11.7. The predicted octanol–water partition coefficient (Wildman–Crippen LogP) is 3.71. The molecule has 2 aromatic rings. The smallest absolute Gasteiger partial charge is 0.244 e. The molecule has 0 radical (unpaired) electrons. The first-order chi connectivity index (χ1) is 15.4. The van der Waals surface area contributed by atoms with E-state index in [9.17, 15) is 18.0 Å². The van der Waals surface area contributed by atoms with Crippen LogP contribution in [0.1, 0.15) is 31.9 Å². The summed E-state index contributed by atoms with van der Waals surface area (Å²) in [6.45, 7) is 7.85. The van der Waals surface area contributed by atoms with E-state index in [1.54, 1.807) is 31.2 Å². The molecule has 0 bridgehead atoms. The van der Waals surface area contributed by atoms with Crippen molar-refractivity contribution in [3.63, 3.8) is 0 Å². The summed E-state index contributed by atoms with van der Waals surface area (Å²) in [5.41, 5.74) is 2.24. The molecule has 0 aliphatic rings. The van der Waals surface area contributed by atoms with Crippen LogP contribution in [0.4, 0.5) is 5.69 Å². The maximum absolute atomic E-state index is 13.5. The molecule has 0 aliphatic heterocycles. The van der Waals surface area contributed by atoms with Crippen molar-refractivity contribution in [2.24, 2.45) is 5.92 Å². The fourth-order valence-electron chi connectivity index (χ4n) is 3.25. The highest BCUT2D eigenvalue weighted by Gasteiger charge is 2.30. The van der Waals surface area contributed by atoms with Crippen molar-refractivity contribution in [1.82, 2.24) is 10.2 Å². The van der Waals surface area contributed by atoms with E-state index in [-0.39, 0.29) is 18.4 Å². The van der Waals surface area contributed by atoms with Crippen molar-refractivity contribution in [2.45, 2.75) is 40.3 Å². The Morgan fingerprint density at radius 3 is 2.30 bits per heavy atom. The minimum Gasteiger partial charge on any atom is -0.354 e. The van der Waals surface area contributed by atoms with Crippen molar-refractivity contribution in [1.29, 1.82) is 0 Å². The number of benzene rings is 2.